The van der Waals surface area contributed by atoms with Crippen molar-refractivity contribution < 1.29 is 26.7 Å². The molecular weight excluding hydrogens is 472 g/mol. The molecule has 1 amide bonds. The number of rotatable bonds is 5. The quantitative estimate of drug-likeness (QED) is 0.676. The molecule has 29 heavy (non-hydrogen) atoms. The number of sulfonamides is 1. The molecule has 152 valence electrons. The fraction of sp³-hybridized carbons (Fsp3) is 0.222. The number of nitriles is 1. The van der Waals surface area contributed by atoms with Gasteiger partial charge >= 0.3 is 0 Å². The second-order valence-electron chi connectivity index (χ2n) is 6.20. The third-order valence-electron chi connectivity index (χ3n) is 4.15. The molecule has 0 aromatic heterocycles. The van der Waals surface area contributed by atoms with Gasteiger partial charge in [0.25, 0.3) is 5.91 Å². The first-order chi connectivity index (χ1) is 13.7. The Balaban J connectivity index is 1.90. The molecule has 0 spiro atoms. The Morgan fingerprint density at radius 2 is 2.00 bits per heavy atom. The van der Waals surface area contributed by atoms with E-state index >= 15 is 0 Å². The topological polar surface area (TPSA) is 108 Å². The van der Waals surface area contributed by atoms with Crippen molar-refractivity contribution in [1.29, 1.82) is 5.26 Å². The summed E-state index contributed by atoms with van der Waals surface area (Å²) in [5, 5.41) is 11.3. The highest BCUT2D eigenvalue weighted by molar-refractivity contribution is 9.10. The van der Waals surface area contributed by atoms with Crippen LogP contribution >= 0.6 is 15.9 Å². The van der Waals surface area contributed by atoms with Crippen LogP contribution in [0.2, 0.25) is 0 Å². The van der Waals surface area contributed by atoms with Gasteiger partial charge < -0.3 is 10.1 Å². The summed E-state index contributed by atoms with van der Waals surface area (Å²) in [6.45, 7) is 0.572. The predicted octanol–water partition coefficient (Wildman–Crippen LogP) is 2.92. The Hall–Kier alpha value is -2.39. The summed E-state index contributed by atoms with van der Waals surface area (Å²) in [6.07, 6.45) is 0.455. The van der Waals surface area contributed by atoms with E-state index in [9.17, 15) is 22.0 Å². The minimum atomic E-state index is -4.23. The minimum Gasteiger partial charge on any atom is -0.380 e. The number of hydrogen-bond acceptors (Lipinski definition) is 5. The van der Waals surface area contributed by atoms with Crippen LogP contribution in [-0.4, -0.2) is 33.6 Å². The third kappa shape index (κ3) is 4.79. The summed E-state index contributed by atoms with van der Waals surface area (Å²) in [5.74, 6) is -2.55. The molecule has 0 radical (unpaired) electrons. The molecule has 0 bridgehead atoms. The average molecular weight is 486 g/mol. The minimum absolute atomic E-state index is 0.0262. The highest BCUT2D eigenvalue weighted by atomic mass is 79.9. The lowest BCUT2D eigenvalue weighted by molar-refractivity contribution is 0.102. The van der Waals surface area contributed by atoms with E-state index in [2.05, 4.69) is 26.0 Å². The first-order valence-electron chi connectivity index (χ1n) is 8.31. The zero-order valence-corrected chi connectivity index (χ0v) is 17.1. The molecule has 7 nitrogen and oxygen atoms in total. The first-order valence-corrected chi connectivity index (χ1v) is 10.6. The fourth-order valence-corrected chi connectivity index (χ4v) is 4.54. The molecule has 3 rings (SSSR count). The maximum absolute atomic E-state index is 14.3. The summed E-state index contributed by atoms with van der Waals surface area (Å²) < 4.78 is 60.3. The maximum Gasteiger partial charge on any atom is 0.256 e. The molecular formula is C18H14BrF2N3O4S. The average Bonchev–Trinajstić information content (AvgIpc) is 3.15. The SMILES string of the molecule is N#Cc1cc(NC(=O)c2cc(S(=O)(=O)N[C@H]3CCOC3)c(F)cc2Br)ccc1F. The van der Waals surface area contributed by atoms with Crippen molar-refractivity contribution in [3.63, 3.8) is 0 Å². The lowest BCUT2D eigenvalue weighted by Gasteiger charge is -2.14. The van der Waals surface area contributed by atoms with Gasteiger partial charge in [-0.05, 0) is 52.7 Å². The molecule has 0 unspecified atom stereocenters. The number of nitrogens with zero attached hydrogens (tertiary/aromatic N) is 1. The van der Waals surface area contributed by atoms with Gasteiger partial charge in [0.15, 0.2) is 0 Å². The lowest BCUT2D eigenvalue weighted by Crippen LogP contribution is -2.35. The van der Waals surface area contributed by atoms with E-state index in [0.29, 0.717) is 13.0 Å². The van der Waals surface area contributed by atoms with Gasteiger partial charge in [-0.2, -0.15) is 5.26 Å². The number of hydrogen-bond donors (Lipinski definition) is 2. The monoisotopic (exact) mass is 485 g/mol. The van der Waals surface area contributed by atoms with Gasteiger partial charge in [-0.15, -0.1) is 0 Å². The Bertz CT molecular complexity index is 1110. The highest BCUT2D eigenvalue weighted by Crippen LogP contribution is 2.26. The van der Waals surface area contributed by atoms with Crippen LogP contribution in [0.1, 0.15) is 22.3 Å². The van der Waals surface area contributed by atoms with Crippen molar-refractivity contribution in [3.05, 3.63) is 57.6 Å². The van der Waals surface area contributed by atoms with Crippen LogP contribution < -0.4 is 10.0 Å². The Morgan fingerprint density at radius 1 is 1.24 bits per heavy atom. The van der Waals surface area contributed by atoms with E-state index in [-0.39, 0.29) is 27.9 Å². The second kappa shape index (κ2) is 8.54. The molecule has 2 N–H and O–H groups in total. The fourth-order valence-electron chi connectivity index (χ4n) is 2.71. The number of carbonyl (C=O) groups is 1. The van der Waals surface area contributed by atoms with E-state index in [1.54, 1.807) is 6.07 Å². The number of ether oxygens (including phenoxy) is 1. The number of nitrogens with one attached hydrogen (secondary N) is 2. The van der Waals surface area contributed by atoms with Crippen LogP contribution in [0, 0.1) is 23.0 Å². The summed E-state index contributed by atoms with van der Waals surface area (Å²) in [6, 6.07) is 6.33. The van der Waals surface area contributed by atoms with Gasteiger partial charge in [0, 0.05) is 22.8 Å². The van der Waals surface area contributed by atoms with Gasteiger partial charge in [-0.3, -0.25) is 4.79 Å². The van der Waals surface area contributed by atoms with Crippen LogP contribution in [-0.2, 0) is 14.8 Å². The van der Waals surface area contributed by atoms with E-state index in [1.165, 1.54) is 6.07 Å². The zero-order valence-electron chi connectivity index (χ0n) is 14.7. The molecule has 1 aliphatic rings. The molecule has 1 heterocycles. The van der Waals surface area contributed by atoms with Crippen LogP contribution in [0.5, 0.6) is 0 Å². The Labute approximate surface area is 173 Å². The number of benzene rings is 2. The van der Waals surface area contributed by atoms with Crippen molar-refractivity contribution in [2.75, 3.05) is 18.5 Å². The number of anilines is 1. The van der Waals surface area contributed by atoms with Crippen LogP contribution in [0.15, 0.2) is 39.7 Å². The normalized spacial score (nSPS) is 16.4. The second-order valence-corrected chi connectivity index (χ2v) is 8.74. The van der Waals surface area contributed by atoms with Crippen molar-refractivity contribution >= 4 is 37.5 Å². The largest absolute Gasteiger partial charge is 0.380 e. The first kappa shape index (κ1) is 21.3. The molecule has 1 saturated heterocycles. The van der Waals surface area contributed by atoms with Gasteiger partial charge in [0.05, 0.1) is 17.7 Å². The van der Waals surface area contributed by atoms with Gasteiger partial charge in [0.1, 0.15) is 22.6 Å². The predicted molar refractivity (Wildman–Crippen MR) is 103 cm³/mol. The highest BCUT2D eigenvalue weighted by Gasteiger charge is 2.28. The molecule has 0 aliphatic carbocycles. The Morgan fingerprint density at radius 3 is 2.66 bits per heavy atom. The third-order valence-corrected chi connectivity index (χ3v) is 6.34. The number of carbonyl (C=O) groups excluding carboxylic acids is 1. The molecule has 2 aromatic rings. The van der Waals surface area contributed by atoms with Crippen molar-refractivity contribution in [1.82, 2.24) is 4.72 Å². The molecule has 1 aliphatic heterocycles. The maximum atomic E-state index is 14.3. The van der Waals surface area contributed by atoms with E-state index < -0.39 is 38.5 Å². The molecule has 1 fully saturated rings. The zero-order chi connectivity index (χ0) is 21.2. The number of halogens is 3. The summed E-state index contributed by atoms with van der Waals surface area (Å²) in [4.78, 5) is 11.9. The smallest absolute Gasteiger partial charge is 0.256 e. The standard InChI is InChI=1S/C18H14BrF2N3O4S/c19-14-7-16(21)17(29(26,27)24-12-3-4-28-9-12)6-13(14)18(25)23-11-1-2-15(20)10(5-11)8-22/h1-2,5-7,12,24H,3-4,9H2,(H,23,25)/t12-/m0/s1. The molecule has 0 saturated carbocycles. The van der Waals surface area contributed by atoms with Crippen LogP contribution in [0.25, 0.3) is 0 Å². The molecule has 11 heteroatoms. The van der Waals surface area contributed by atoms with Gasteiger partial charge in [-0.1, -0.05) is 0 Å². The van der Waals surface area contributed by atoms with E-state index in [1.807, 2.05) is 0 Å². The van der Waals surface area contributed by atoms with Gasteiger partial charge in [0.2, 0.25) is 10.0 Å². The summed E-state index contributed by atoms with van der Waals surface area (Å²) in [5.41, 5.74) is -0.306. The molecule has 2 aromatic carbocycles. The summed E-state index contributed by atoms with van der Waals surface area (Å²) >= 11 is 3.04. The van der Waals surface area contributed by atoms with Crippen LogP contribution in [0.3, 0.4) is 0 Å². The van der Waals surface area contributed by atoms with Crippen LogP contribution in [0.4, 0.5) is 14.5 Å². The van der Waals surface area contributed by atoms with Crippen molar-refractivity contribution in [2.24, 2.45) is 0 Å². The number of amides is 1. The van der Waals surface area contributed by atoms with Gasteiger partial charge in [-0.25, -0.2) is 21.9 Å². The van der Waals surface area contributed by atoms with Crippen molar-refractivity contribution in [2.45, 2.75) is 17.4 Å². The van der Waals surface area contributed by atoms with E-state index in [4.69, 9.17) is 10.00 Å². The summed E-state index contributed by atoms with van der Waals surface area (Å²) in [7, 11) is -4.23. The molecule has 1 atom stereocenters. The Kier molecular flexibility index (Phi) is 6.28. The van der Waals surface area contributed by atoms with Crippen molar-refractivity contribution in [3.8, 4) is 6.07 Å². The van der Waals surface area contributed by atoms with E-state index in [0.717, 1.165) is 24.3 Å². The lowest BCUT2D eigenvalue weighted by atomic mass is 10.1.